The molecule has 0 atom stereocenters. The minimum atomic E-state index is 0.719. The molecular formula is C13H15BrN4. The van der Waals surface area contributed by atoms with E-state index in [-0.39, 0.29) is 0 Å². The number of pyridine rings is 1. The second-order valence-electron chi connectivity index (χ2n) is 4.67. The first-order valence-electron chi connectivity index (χ1n) is 6.15. The van der Waals surface area contributed by atoms with Crippen LogP contribution in [0.15, 0.2) is 35.2 Å². The van der Waals surface area contributed by atoms with Crippen LogP contribution in [0.2, 0.25) is 0 Å². The highest BCUT2D eigenvalue weighted by Crippen LogP contribution is 2.19. The van der Waals surface area contributed by atoms with Crippen molar-refractivity contribution in [3.05, 3.63) is 46.5 Å². The van der Waals surface area contributed by atoms with Gasteiger partial charge in [0.15, 0.2) is 0 Å². The Labute approximate surface area is 115 Å². The smallest absolute Gasteiger partial charge is 0.0831 e. The van der Waals surface area contributed by atoms with Gasteiger partial charge in [0.2, 0.25) is 0 Å². The van der Waals surface area contributed by atoms with Crippen LogP contribution in [0.1, 0.15) is 24.1 Å². The van der Waals surface area contributed by atoms with Gasteiger partial charge in [0, 0.05) is 35.0 Å². The van der Waals surface area contributed by atoms with E-state index in [1.165, 1.54) is 18.4 Å². The molecule has 2 aromatic rings. The lowest BCUT2D eigenvalue weighted by Gasteiger charge is -2.01. The molecule has 0 radical (unpaired) electrons. The molecule has 1 aliphatic carbocycles. The lowest BCUT2D eigenvalue weighted by Crippen LogP contribution is -2.14. The molecule has 3 rings (SSSR count). The molecule has 1 fully saturated rings. The molecule has 0 spiro atoms. The van der Waals surface area contributed by atoms with Crippen molar-refractivity contribution < 1.29 is 0 Å². The maximum absolute atomic E-state index is 4.36. The van der Waals surface area contributed by atoms with E-state index in [0.717, 1.165) is 29.3 Å². The summed E-state index contributed by atoms with van der Waals surface area (Å²) >= 11 is 3.38. The Morgan fingerprint density at radius 1 is 1.33 bits per heavy atom. The first kappa shape index (κ1) is 11.9. The first-order valence-corrected chi connectivity index (χ1v) is 6.94. The summed E-state index contributed by atoms with van der Waals surface area (Å²) in [5, 5.41) is 7.84. The third kappa shape index (κ3) is 3.17. The monoisotopic (exact) mass is 306 g/mol. The van der Waals surface area contributed by atoms with Crippen LogP contribution < -0.4 is 5.32 Å². The van der Waals surface area contributed by atoms with E-state index in [1.54, 1.807) is 0 Å². The van der Waals surface area contributed by atoms with Crippen LogP contribution in [0, 0.1) is 0 Å². The van der Waals surface area contributed by atoms with Crippen molar-refractivity contribution >= 4 is 15.9 Å². The van der Waals surface area contributed by atoms with Crippen molar-refractivity contribution in [3.63, 3.8) is 0 Å². The number of halogens is 1. The highest BCUT2D eigenvalue weighted by atomic mass is 79.9. The molecular weight excluding hydrogens is 292 g/mol. The Morgan fingerprint density at radius 2 is 2.22 bits per heavy atom. The summed E-state index contributed by atoms with van der Waals surface area (Å²) in [6.07, 6.45) is 8.45. The van der Waals surface area contributed by atoms with Crippen LogP contribution in [0.4, 0.5) is 0 Å². The zero-order valence-corrected chi connectivity index (χ0v) is 11.6. The van der Waals surface area contributed by atoms with Crippen molar-refractivity contribution in [2.24, 2.45) is 0 Å². The predicted octanol–water partition coefficient (Wildman–Crippen LogP) is 2.34. The summed E-state index contributed by atoms with van der Waals surface area (Å²) in [7, 11) is 0. The van der Waals surface area contributed by atoms with Gasteiger partial charge in [-0.25, -0.2) is 0 Å². The van der Waals surface area contributed by atoms with Gasteiger partial charge in [0.1, 0.15) is 0 Å². The Kier molecular flexibility index (Phi) is 3.43. The van der Waals surface area contributed by atoms with Crippen molar-refractivity contribution in [1.29, 1.82) is 0 Å². The Morgan fingerprint density at radius 3 is 2.94 bits per heavy atom. The van der Waals surface area contributed by atoms with Gasteiger partial charge in [-0.3, -0.25) is 9.67 Å². The van der Waals surface area contributed by atoms with Crippen molar-refractivity contribution in [2.45, 2.75) is 32.0 Å². The molecule has 2 heterocycles. The summed E-state index contributed by atoms with van der Waals surface area (Å²) < 4.78 is 2.93. The van der Waals surface area contributed by atoms with Crippen LogP contribution in [0.25, 0.3) is 0 Å². The third-order valence-corrected chi connectivity index (χ3v) is 3.44. The van der Waals surface area contributed by atoms with Crippen molar-refractivity contribution in [3.8, 4) is 0 Å². The van der Waals surface area contributed by atoms with Gasteiger partial charge >= 0.3 is 0 Å². The van der Waals surface area contributed by atoms with E-state index in [1.807, 2.05) is 29.2 Å². The summed E-state index contributed by atoms with van der Waals surface area (Å²) in [4.78, 5) is 4.34. The number of aromatic nitrogens is 3. The van der Waals surface area contributed by atoms with Gasteiger partial charge in [-0.2, -0.15) is 5.10 Å². The second-order valence-corrected chi connectivity index (χ2v) is 5.58. The molecule has 1 N–H and O–H groups in total. The normalized spacial score (nSPS) is 14.9. The summed E-state index contributed by atoms with van der Waals surface area (Å²) in [6.45, 7) is 1.63. The zero-order chi connectivity index (χ0) is 12.4. The standard InChI is InChI=1S/C13H15BrN4/c14-11-1-2-13(16-7-11)9-18-8-10(6-17-18)5-15-12-3-4-12/h1-2,6-8,12,15H,3-5,9H2. The fourth-order valence-electron chi connectivity index (χ4n) is 1.80. The molecule has 5 heteroatoms. The molecule has 2 aromatic heterocycles. The third-order valence-electron chi connectivity index (χ3n) is 2.97. The lowest BCUT2D eigenvalue weighted by atomic mass is 10.3. The summed E-state index contributed by atoms with van der Waals surface area (Å²) in [6, 6.07) is 4.75. The topological polar surface area (TPSA) is 42.7 Å². The summed E-state index contributed by atoms with van der Waals surface area (Å²) in [5.74, 6) is 0. The van der Waals surface area contributed by atoms with Gasteiger partial charge in [0.05, 0.1) is 18.4 Å². The molecule has 0 aromatic carbocycles. The average molecular weight is 307 g/mol. The van der Waals surface area contributed by atoms with Gasteiger partial charge in [0.25, 0.3) is 0 Å². The van der Waals surface area contributed by atoms with Crippen LogP contribution in [-0.2, 0) is 13.1 Å². The van der Waals surface area contributed by atoms with E-state index in [0.29, 0.717) is 0 Å². The average Bonchev–Trinajstić information content (AvgIpc) is 3.10. The number of nitrogens with zero attached hydrogens (tertiary/aromatic N) is 3. The van der Waals surface area contributed by atoms with Crippen molar-refractivity contribution in [2.75, 3.05) is 0 Å². The minimum Gasteiger partial charge on any atom is -0.310 e. The van der Waals surface area contributed by atoms with E-state index in [9.17, 15) is 0 Å². The zero-order valence-electron chi connectivity index (χ0n) is 10.0. The number of hydrogen-bond acceptors (Lipinski definition) is 3. The van der Waals surface area contributed by atoms with Gasteiger partial charge in [-0.05, 0) is 40.9 Å². The summed E-state index contributed by atoms with van der Waals surface area (Å²) in [5.41, 5.74) is 2.25. The molecule has 4 nitrogen and oxygen atoms in total. The highest BCUT2D eigenvalue weighted by molar-refractivity contribution is 9.10. The molecule has 0 unspecified atom stereocenters. The van der Waals surface area contributed by atoms with Crippen LogP contribution in [0.3, 0.4) is 0 Å². The van der Waals surface area contributed by atoms with E-state index in [2.05, 4.69) is 37.5 Å². The van der Waals surface area contributed by atoms with Crippen LogP contribution in [0.5, 0.6) is 0 Å². The molecule has 1 saturated carbocycles. The minimum absolute atomic E-state index is 0.719. The first-order chi connectivity index (χ1) is 8.79. The van der Waals surface area contributed by atoms with Crippen molar-refractivity contribution in [1.82, 2.24) is 20.1 Å². The molecule has 1 aliphatic rings. The molecule has 0 bridgehead atoms. The highest BCUT2D eigenvalue weighted by Gasteiger charge is 2.20. The maximum Gasteiger partial charge on any atom is 0.0831 e. The van der Waals surface area contributed by atoms with Gasteiger partial charge < -0.3 is 5.32 Å². The molecule has 18 heavy (non-hydrogen) atoms. The molecule has 0 saturated heterocycles. The Bertz CT molecular complexity index is 516. The molecule has 0 aliphatic heterocycles. The lowest BCUT2D eigenvalue weighted by molar-refractivity contribution is 0.665. The largest absolute Gasteiger partial charge is 0.310 e. The number of rotatable bonds is 5. The molecule has 94 valence electrons. The van der Waals surface area contributed by atoms with Gasteiger partial charge in [-0.15, -0.1) is 0 Å². The van der Waals surface area contributed by atoms with Crippen LogP contribution in [-0.4, -0.2) is 20.8 Å². The maximum atomic E-state index is 4.36. The molecule has 0 amide bonds. The van der Waals surface area contributed by atoms with E-state index in [4.69, 9.17) is 0 Å². The fraction of sp³-hybridized carbons (Fsp3) is 0.385. The fourth-order valence-corrected chi connectivity index (χ4v) is 2.03. The quantitative estimate of drug-likeness (QED) is 0.922. The number of hydrogen-bond donors (Lipinski definition) is 1. The number of nitrogens with one attached hydrogen (secondary N) is 1. The Balaban J connectivity index is 1.60. The SMILES string of the molecule is Brc1ccc(Cn2cc(CNC3CC3)cn2)nc1. The van der Waals surface area contributed by atoms with E-state index < -0.39 is 0 Å². The Hall–Kier alpha value is -1.20. The van der Waals surface area contributed by atoms with Gasteiger partial charge in [-0.1, -0.05) is 0 Å². The van der Waals surface area contributed by atoms with E-state index >= 15 is 0 Å². The second kappa shape index (κ2) is 5.20. The predicted molar refractivity (Wildman–Crippen MR) is 73.1 cm³/mol. The van der Waals surface area contributed by atoms with Crippen LogP contribution >= 0.6 is 15.9 Å².